The van der Waals surface area contributed by atoms with Gasteiger partial charge < -0.3 is 15.0 Å². The van der Waals surface area contributed by atoms with Gasteiger partial charge in [-0.05, 0) is 37.1 Å². The van der Waals surface area contributed by atoms with E-state index in [1.807, 2.05) is 12.1 Å². The second-order valence-corrected chi connectivity index (χ2v) is 5.86. The van der Waals surface area contributed by atoms with Gasteiger partial charge in [0.15, 0.2) is 6.61 Å². The number of aromatic nitrogens is 1. The average Bonchev–Trinajstić information content (AvgIpc) is 2.69. The summed E-state index contributed by atoms with van der Waals surface area (Å²) in [4.78, 5) is 30.5. The van der Waals surface area contributed by atoms with Gasteiger partial charge in [0.25, 0.3) is 5.91 Å². The number of ether oxygens (including phenoxy) is 1. The zero-order valence-electron chi connectivity index (χ0n) is 14.1. The lowest BCUT2D eigenvalue weighted by Gasteiger charge is -2.32. The topological polar surface area (TPSA) is 95.3 Å². The van der Waals surface area contributed by atoms with Crippen LogP contribution in [0.25, 0.3) is 0 Å². The smallest absolute Gasteiger partial charge is 0.258 e. The van der Waals surface area contributed by atoms with Crippen LogP contribution < -0.4 is 15.0 Å². The van der Waals surface area contributed by atoms with Crippen LogP contribution in [0.15, 0.2) is 48.8 Å². The number of benzene rings is 1. The van der Waals surface area contributed by atoms with Gasteiger partial charge >= 0.3 is 0 Å². The van der Waals surface area contributed by atoms with Crippen molar-refractivity contribution in [3.63, 3.8) is 0 Å². The molecule has 0 spiro atoms. The zero-order chi connectivity index (χ0) is 18.4. The highest BCUT2D eigenvalue weighted by Gasteiger charge is 2.30. The van der Waals surface area contributed by atoms with Crippen LogP contribution in [-0.2, 0) is 9.59 Å². The van der Waals surface area contributed by atoms with E-state index in [0.29, 0.717) is 24.3 Å². The van der Waals surface area contributed by atoms with Crippen LogP contribution >= 0.6 is 0 Å². The van der Waals surface area contributed by atoms with Crippen molar-refractivity contribution in [1.29, 1.82) is 5.26 Å². The summed E-state index contributed by atoms with van der Waals surface area (Å²) in [6, 6.07) is 11.7. The predicted octanol–water partition coefficient (Wildman–Crippen LogP) is 1.64. The van der Waals surface area contributed by atoms with Crippen molar-refractivity contribution in [2.45, 2.75) is 18.9 Å². The fourth-order valence-electron chi connectivity index (χ4n) is 2.84. The largest absolute Gasteiger partial charge is 0.482 e. The fraction of sp³-hybridized carbons (Fsp3) is 0.263. The Morgan fingerprint density at radius 3 is 2.96 bits per heavy atom. The first-order valence-corrected chi connectivity index (χ1v) is 8.32. The second kappa shape index (κ2) is 8.12. The minimum atomic E-state index is -0.591. The molecule has 2 aromatic rings. The van der Waals surface area contributed by atoms with Crippen LogP contribution in [-0.4, -0.2) is 36.0 Å². The number of pyridine rings is 1. The Morgan fingerprint density at radius 1 is 1.35 bits per heavy atom. The standard InChI is InChI=1S/C19H18N4O3/c20-11-14-5-1-2-8-17(14)26-13-18(24)22-16-7-4-10-23(19(16)25)15-6-3-9-21-12-15/h1-3,5-6,8-9,12,16H,4,7,10,13H2,(H,22,24). The molecule has 3 rings (SSSR count). The van der Waals surface area contributed by atoms with Crippen LogP contribution in [0.4, 0.5) is 5.69 Å². The highest BCUT2D eigenvalue weighted by atomic mass is 16.5. The van der Waals surface area contributed by atoms with Gasteiger partial charge in [-0.1, -0.05) is 12.1 Å². The number of rotatable bonds is 5. The molecule has 7 nitrogen and oxygen atoms in total. The van der Waals surface area contributed by atoms with E-state index in [-0.39, 0.29) is 12.5 Å². The van der Waals surface area contributed by atoms with Crippen LogP contribution in [0.2, 0.25) is 0 Å². The van der Waals surface area contributed by atoms with Gasteiger partial charge in [-0.2, -0.15) is 5.26 Å². The van der Waals surface area contributed by atoms with Gasteiger partial charge in [0.05, 0.1) is 17.4 Å². The van der Waals surface area contributed by atoms with E-state index in [1.54, 1.807) is 47.6 Å². The first-order chi connectivity index (χ1) is 12.7. The Bertz CT molecular complexity index is 832. The van der Waals surface area contributed by atoms with E-state index in [0.717, 1.165) is 12.1 Å². The van der Waals surface area contributed by atoms with E-state index in [4.69, 9.17) is 10.00 Å². The van der Waals surface area contributed by atoms with E-state index < -0.39 is 11.9 Å². The second-order valence-electron chi connectivity index (χ2n) is 5.86. The molecule has 2 amide bonds. The lowest BCUT2D eigenvalue weighted by Crippen LogP contribution is -2.53. The summed E-state index contributed by atoms with van der Waals surface area (Å²) in [5.74, 6) is -0.212. The highest BCUT2D eigenvalue weighted by molar-refractivity contribution is 5.99. The first kappa shape index (κ1) is 17.4. The number of para-hydroxylation sites is 1. The molecule has 1 N–H and O–H groups in total. The monoisotopic (exact) mass is 350 g/mol. The summed E-state index contributed by atoms with van der Waals surface area (Å²) in [5.41, 5.74) is 1.08. The van der Waals surface area contributed by atoms with Gasteiger partial charge in [-0.15, -0.1) is 0 Å². The molecule has 0 radical (unpaired) electrons. The number of nitrogens with one attached hydrogen (secondary N) is 1. The number of amides is 2. The zero-order valence-corrected chi connectivity index (χ0v) is 14.1. The normalized spacial score (nSPS) is 16.7. The lowest BCUT2D eigenvalue weighted by atomic mass is 10.0. The molecular formula is C19H18N4O3. The molecular weight excluding hydrogens is 332 g/mol. The van der Waals surface area contributed by atoms with E-state index in [2.05, 4.69) is 10.3 Å². The molecule has 1 fully saturated rings. The maximum atomic E-state index is 12.6. The van der Waals surface area contributed by atoms with Crippen LogP contribution in [0.5, 0.6) is 5.75 Å². The van der Waals surface area contributed by atoms with Gasteiger partial charge in [0, 0.05) is 12.7 Å². The Kier molecular flexibility index (Phi) is 5.44. The third kappa shape index (κ3) is 3.98. The third-order valence-electron chi connectivity index (χ3n) is 4.10. The van der Waals surface area contributed by atoms with E-state index in [1.165, 1.54) is 0 Å². The Labute approximate surface area is 151 Å². The molecule has 2 heterocycles. The van der Waals surface area contributed by atoms with E-state index >= 15 is 0 Å². The summed E-state index contributed by atoms with van der Waals surface area (Å²) < 4.78 is 5.41. The molecule has 1 aromatic heterocycles. The fourth-order valence-corrected chi connectivity index (χ4v) is 2.84. The Balaban J connectivity index is 1.59. The number of piperidine rings is 1. The summed E-state index contributed by atoms with van der Waals surface area (Å²) in [6.45, 7) is 0.346. The summed E-state index contributed by atoms with van der Waals surface area (Å²) >= 11 is 0. The minimum Gasteiger partial charge on any atom is -0.482 e. The van der Waals surface area contributed by atoms with Crippen molar-refractivity contribution < 1.29 is 14.3 Å². The molecule has 132 valence electrons. The maximum Gasteiger partial charge on any atom is 0.258 e. The molecule has 1 saturated heterocycles. The molecule has 1 aromatic carbocycles. The molecule has 1 unspecified atom stereocenters. The molecule has 0 saturated carbocycles. The number of hydrogen-bond donors (Lipinski definition) is 1. The van der Waals surface area contributed by atoms with Crippen molar-refractivity contribution in [2.75, 3.05) is 18.1 Å². The summed E-state index contributed by atoms with van der Waals surface area (Å²) in [5, 5.41) is 11.7. The summed E-state index contributed by atoms with van der Waals surface area (Å²) in [6.07, 6.45) is 4.64. The predicted molar refractivity (Wildman–Crippen MR) is 94.4 cm³/mol. The van der Waals surface area contributed by atoms with Crippen molar-refractivity contribution in [2.24, 2.45) is 0 Å². The number of hydrogen-bond acceptors (Lipinski definition) is 5. The molecule has 1 aliphatic heterocycles. The third-order valence-corrected chi connectivity index (χ3v) is 4.10. The Morgan fingerprint density at radius 2 is 2.19 bits per heavy atom. The van der Waals surface area contributed by atoms with Gasteiger partial charge in [0.1, 0.15) is 17.9 Å². The quantitative estimate of drug-likeness (QED) is 0.884. The molecule has 1 aliphatic rings. The van der Waals surface area contributed by atoms with Crippen LogP contribution in [0.3, 0.4) is 0 Å². The number of anilines is 1. The first-order valence-electron chi connectivity index (χ1n) is 8.32. The minimum absolute atomic E-state index is 0.157. The van der Waals surface area contributed by atoms with Gasteiger partial charge in [-0.25, -0.2) is 0 Å². The number of carbonyl (C=O) groups excluding carboxylic acids is 2. The van der Waals surface area contributed by atoms with Crippen molar-refractivity contribution in [3.8, 4) is 11.8 Å². The maximum absolute atomic E-state index is 12.6. The molecule has 0 aliphatic carbocycles. The lowest BCUT2D eigenvalue weighted by molar-refractivity contribution is -0.129. The number of carbonyl (C=O) groups is 2. The molecule has 1 atom stereocenters. The number of nitriles is 1. The Hall–Kier alpha value is -3.40. The van der Waals surface area contributed by atoms with Crippen molar-refractivity contribution >= 4 is 17.5 Å². The molecule has 7 heteroatoms. The SMILES string of the molecule is N#Cc1ccccc1OCC(=O)NC1CCCN(c2cccnc2)C1=O. The number of nitrogens with zero attached hydrogens (tertiary/aromatic N) is 3. The molecule has 0 bridgehead atoms. The van der Waals surface area contributed by atoms with Crippen LogP contribution in [0, 0.1) is 11.3 Å². The van der Waals surface area contributed by atoms with Crippen LogP contribution in [0.1, 0.15) is 18.4 Å². The average molecular weight is 350 g/mol. The summed E-state index contributed by atoms with van der Waals surface area (Å²) in [7, 11) is 0. The highest BCUT2D eigenvalue weighted by Crippen LogP contribution is 2.20. The van der Waals surface area contributed by atoms with E-state index in [9.17, 15) is 9.59 Å². The van der Waals surface area contributed by atoms with Crippen molar-refractivity contribution in [1.82, 2.24) is 10.3 Å². The van der Waals surface area contributed by atoms with Gasteiger partial charge in [-0.3, -0.25) is 14.6 Å². The van der Waals surface area contributed by atoms with Crippen molar-refractivity contribution in [3.05, 3.63) is 54.4 Å². The van der Waals surface area contributed by atoms with Gasteiger partial charge in [0.2, 0.25) is 5.91 Å². The molecule has 26 heavy (non-hydrogen) atoms.